The quantitative estimate of drug-likeness (QED) is 0.745. The van der Waals surface area contributed by atoms with Crippen molar-refractivity contribution in [1.29, 1.82) is 0 Å². The zero-order chi connectivity index (χ0) is 11.3. The van der Waals surface area contributed by atoms with Gasteiger partial charge in [0.1, 0.15) is 12.2 Å². The molecule has 0 saturated heterocycles. The highest BCUT2D eigenvalue weighted by molar-refractivity contribution is 4.86. The van der Waals surface area contributed by atoms with Gasteiger partial charge in [-0.1, -0.05) is 0 Å². The Kier molecular flexibility index (Phi) is 4.71. The van der Waals surface area contributed by atoms with Crippen LogP contribution in [0.5, 0.6) is 0 Å². The fourth-order valence-electron chi connectivity index (χ4n) is 1.44. The van der Waals surface area contributed by atoms with Gasteiger partial charge in [0.25, 0.3) is 0 Å². The zero-order valence-electron chi connectivity index (χ0n) is 10.1. The van der Waals surface area contributed by atoms with Gasteiger partial charge in [-0.05, 0) is 27.9 Å². The van der Waals surface area contributed by atoms with E-state index in [0.29, 0.717) is 6.04 Å². The van der Waals surface area contributed by atoms with Crippen molar-refractivity contribution in [2.24, 2.45) is 0 Å². The third-order valence-electron chi connectivity index (χ3n) is 2.29. The average Bonchev–Trinajstić information content (AvgIpc) is 2.62. The van der Waals surface area contributed by atoms with Crippen LogP contribution in [-0.4, -0.2) is 46.8 Å². The SMILES string of the molecule is CNCCN(C)Cc1ncnn1C(C)C. The van der Waals surface area contributed by atoms with Crippen molar-refractivity contribution >= 4 is 0 Å². The van der Waals surface area contributed by atoms with Crippen molar-refractivity contribution < 1.29 is 0 Å². The highest BCUT2D eigenvalue weighted by atomic mass is 15.4. The average molecular weight is 211 g/mol. The first-order chi connectivity index (χ1) is 7.15. The van der Waals surface area contributed by atoms with E-state index in [4.69, 9.17) is 0 Å². The molecule has 0 saturated carbocycles. The number of hydrogen-bond acceptors (Lipinski definition) is 4. The van der Waals surface area contributed by atoms with E-state index in [0.717, 1.165) is 25.5 Å². The molecule has 0 fully saturated rings. The lowest BCUT2D eigenvalue weighted by atomic mass is 10.4. The first-order valence-corrected chi connectivity index (χ1v) is 5.36. The molecule has 5 nitrogen and oxygen atoms in total. The molecule has 0 amide bonds. The summed E-state index contributed by atoms with van der Waals surface area (Å²) in [4.78, 5) is 6.51. The van der Waals surface area contributed by atoms with E-state index in [1.807, 2.05) is 11.7 Å². The summed E-state index contributed by atoms with van der Waals surface area (Å²) in [7, 11) is 4.06. The largest absolute Gasteiger partial charge is 0.318 e. The van der Waals surface area contributed by atoms with Crippen LogP contribution >= 0.6 is 0 Å². The fourth-order valence-corrected chi connectivity index (χ4v) is 1.44. The highest BCUT2D eigenvalue weighted by Crippen LogP contribution is 2.06. The molecule has 1 heterocycles. The highest BCUT2D eigenvalue weighted by Gasteiger charge is 2.09. The topological polar surface area (TPSA) is 46.0 Å². The number of nitrogens with one attached hydrogen (secondary N) is 1. The van der Waals surface area contributed by atoms with E-state index in [9.17, 15) is 0 Å². The van der Waals surface area contributed by atoms with Crippen molar-refractivity contribution in [3.8, 4) is 0 Å². The molecule has 1 aromatic rings. The van der Waals surface area contributed by atoms with Crippen LogP contribution in [0.3, 0.4) is 0 Å². The molecule has 86 valence electrons. The Morgan fingerprint density at radius 3 is 2.87 bits per heavy atom. The van der Waals surface area contributed by atoms with Crippen LogP contribution in [0.1, 0.15) is 25.7 Å². The standard InChI is InChI=1S/C10H21N5/c1-9(2)15-10(12-8-13-15)7-14(4)6-5-11-3/h8-9,11H,5-7H2,1-4H3. The maximum absolute atomic E-state index is 4.28. The third-order valence-corrected chi connectivity index (χ3v) is 2.29. The Hall–Kier alpha value is -0.940. The van der Waals surface area contributed by atoms with Crippen molar-refractivity contribution in [3.05, 3.63) is 12.2 Å². The van der Waals surface area contributed by atoms with Gasteiger partial charge in [0, 0.05) is 19.1 Å². The lowest BCUT2D eigenvalue weighted by Gasteiger charge is -2.17. The van der Waals surface area contributed by atoms with E-state index in [1.165, 1.54) is 0 Å². The van der Waals surface area contributed by atoms with E-state index in [1.54, 1.807) is 6.33 Å². The van der Waals surface area contributed by atoms with Crippen LogP contribution in [0.4, 0.5) is 0 Å². The van der Waals surface area contributed by atoms with Crippen molar-refractivity contribution in [3.63, 3.8) is 0 Å². The van der Waals surface area contributed by atoms with E-state index in [2.05, 4.69) is 41.2 Å². The molecule has 1 N–H and O–H groups in total. The Labute approximate surface area is 91.5 Å². The molecule has 0 aromatic carbocycles. The van der Waals surface area contributed by atoms with Crippen LogP contribution in [-0.2, 0) is 6.54 Å². The minimum absolute atomic E-state index is 0.375. The molecule has 0 bridgehead atoms. The van der Waals surface area contributed by atoms with Gasteiger partial charge in [-0.2, -0.15) is 5.10 Å². The van der Waals surface area contributed by atoms with Crippen LogP contribution in [0, 0.1) is 0 Å². The zero-order valence-corrected chi connectivity index (χ0v) is 10.1. The van der Waals surface area contributed by atoms with Crippen LogP contribution < -0.4 is 5.32 Å². The van der Waals surface area contributed by atoms with Gasteiger partial charge in [0.15, 0.2) is 0 Å². The normalized spacial score (nSPS) is 11.6. The summed E-state index contributed by atoms with van der Waals surface area (Å²) < 4.78 is 1.97. The molecule has 5 heteroatoms. The predicted molar refractivity (Wildman–Crippen MR) is 60.7 cm³/mol. The van der Waals surface area contributed by atoms with E-state index >= 15 is 0 Å². The summed E-state index contributed by atoms with van der Waals surface area (Å²) in [6.07, 6.45) is 1.63. The second-order valence-electron chi connectivity index (χ2n) is 4.06. The second kappa shape index (κ2) is 5.82. The first kappa shape index (κ1) is 12.1. The van der Waals surface area contributed by atoms with E-state index in [-0.39, 0.29) is 0 Å². The monoisotopic (exact) mass is 211 g/mol. The van der Waals surface area contributed by atoms with Gasteiger partial charge in [-0.15, -0.1) is 0 Å². The van der Waals surface area contributed by atoms with Crippen molar-refractivity contribution in [2.75, 3.05) is 27.2 Å². The molecule has 0 aliphatic carbocycles. The summed E-state index contributed by atoms with van der Waals surface area (Å²) >= 11 is 0. The molecule has 0 radical (unpaired) electrons. The van der Waals surface area contributed by atoms with Crippen molar-refractivity contribution in [2.45, 2.75) is 26.4 Å². The molecule has 1 rings (SSSR count). The van der Waals surface area contributed by atoms with Crippen LogP contribution in [0.25, 0.3) is 0 Å². The fraction of sp³-hybridized carbons (Fsp3) is 0.800. The molecule has 0 unspecified atom stereocenters. The third kappa shape index (κ3) is 3.60. The smallest absolute Gasteiger partial charge is 0.141 e. The van der Waals surface area contributed by atoms with Gasteiger partial charge >= 0.3 is 0 Å². The Morgan fingerprint density at radius 2 is 2.27 bits per heavy atom. The van der Waals surface area contributed by atoms with Crippen LogP contribution in [0.2, 0.25) is 0 Å². The molecule has 0 atom stereocenters. The Balaban J connectivity index is 2.52. The Bertz CT molecular complexity index is 281. The van der Waals surface area contributed by atoms with Gasteiger partial charge in [0.2, 0.25) is 0 Å². The lowest BCUT2D eigenvalue weighted by molar-refractivity contribution is 0.307. The summed E-state index contributed by atoms with van der Waals surface area (Å²) in [5.41, 5.74) is 0. The van der Waals surface area contributed by atoms with Gasteiger partial charge in [0.05, 0.1) is 6.54 Å². The van der Waals surface area contributed by atoms with Crippen LogP contribution in [0.15, 0.2) is 6.33 Å². The molecular formula is C10H21N5. The summed E-state index contributed by atoms with van der Waals surface area (Å²) in [5, 5.41) is 7.34. The number of aromatic nitrogens is 3. The molecular weight excluding hydrogens is 190 g/mol. The first-order valence-electron chi connectivity index (χ1n) is 5.36. The maximum Gasteiger partial charge on any atom is 0.141 e. The molecule has 1 aromatic heterocycles. The Morgan fingerprint density at radius 1 is 1.53 bits per heavy atom. The minimum atomic E-state index is 0.375. The number of hydrogen-bond donors (Lipinski definition) is 1. The van der Waals surface area contributed by atoms with Gasteiger partial charge in [-0.3, -0.25) is 4.90 Å². The molecule has 0 aliphatic rings. The minimum Gasteiger partial charge on any atom is -0.318 e. The number of likely N-dealkylation sites (N-methyl/N-ethyl adjacent to an activating group) is 2. The van der Waals surface area contributed by atoms with E-state index < -0.39 is 0 Å². The molecule has 0 spiro atoms. The number of nitrogens with zero attached hydrogens (tertiary/aromatic N) is 4. The molecule has 15 heavy (non-hydrogen) atoms. The summed E-state index contributed by atoms with van der Waals surface area (Å²) in [5.74, 6) is 1.03. The summed E-state index contributed by atoms with van der Waals surface area (Å²) in [6.45, 7) is 7.09. The lowest BCUT2D eigenvalue weighted by Crippen LogP contribution is -2.28. The maximum atomic E-state index is 4.28. The number of rotatable bonds is 6. The second-order valence-corrected chi connectivity index (χ2v) is 4.06. The predicted octanol–water partition coefficient (Wildman–Crippen LogP) is 0.510. The summed E-state index contributed by atoms with van der Waals surface area (Å²) in [6, 6.07) is 0.375. The van der Waals surface area contributed by atoms with Crippen molar-refractivity contribution in [1.82, 2.24) is 25.0 Å². The van der Waals surface area contributed by atoms with Gasteiger partial charge in [-0.25, -0.2) is 9.67 Å². The van der Waals surface area contributed by atoms with Gasteiger partial charge < -0.3 is 5.32 Å². The molecule has 0 aliphatic heterocycles.